The van der Waals surface area contributed by atoms with Crippen LogP contribution in [0.25, 0.3) is 77.0 Å². The standard InChI is InChI=1S/C36H21N5/c1-2-7-22(8-3-1)40-34-25(11-10-24-23-9-5-4-6-21(23)18-29(24)34)26-12-13-28-33(35(26)40)27-14-16-37-19-31(27)41-32-20-38-17-15-30(32)39-36(28)41/h1-17,19-20H,18H2. The Morgan fingerprint density at radius 3 is 2.27 bits per heavy atom. The Morgan fingerprint density at radius 1 is 0.585 bits per heavy atom. The van der Waals surface area contributed by atoms with Crippen LogP contribution in [0, 0.1) is 0 Å². The summed E-state index contributed by atoms with van der Waals surface area (Å²) in [6, 6.07) is 32.9. The number of hydrogen-bond donors (Lipinski definition) is 0. The zero-order chi connectivity index (χ0) is 26.7. The van der Waals surface area contributed by atoms with E-state index in [0.717, 1.165) is 45.1 Å². The normalized spacial score (nSPS) is 12.8. The molecular formula is C36H21N5. The Bertz CT molecular complexity index is 2550. The minimum atomic E-state index is 0.924. The largest absolute Gasteiger partial charge is 0.308 e. The van der Waals surface area contributed by atoms with Crippen molar-refractivity contribution in [3.8, 4) is 16.8 Å². The van der Waals surface area contributed by atoms with Crippen molar-refractivity contribution in [2.75, 3.05) is 0 Å². The first-order valence-electron chi connectivity index (χ1n) is 13.9. The molecule has 9 aromatic rings. The molecule has 1 aliphatic rings. The van der Waals surface area contributed by atoms with Crippen molar-refractivity contribution in [3.05, 3.63) is 127 Å². The number of hydrogen-bond acceptors (Lipinski definition) is 3. The average Bonchev–Trinajstić information content (AvgIpc) is 3.71. The van der Waals surface area contributed by atoms with Gasteiger partial charge >= 0.3 is 0 Å². The molecule has 5 heterocycles. The lowest BCUT2D eigenvalue weighted by molar-refractivity contribution is 1.16. The molecule has 5 aromatic heterocycles. The highest BCUT2D eigenvalue weighted by atomic mass is 15.0. The van der Waals surface area contributed by atoms with Crippen LogP contribution in [0.1, 0.15) is 11.1 Å². The van der Waals surface area contributed by atoms with Crippen LogP contribution >= 0.6 is 0 Å². The lowest BCUT2D eigenvalue weighted by Crippen LogP contribution is -1.98. The van der Waals surface area contributed by atoms with Crippen LogP contribution in [0.3, 0.4) is 0 Å². The molecule has 0 saturated carbocycles. The Hall–Kier alpha value is -5.55. The molecule has 4 aromatic carbocycles. The first-order valence-corrected chi connectivity index (χ1v) is 13.9. The third-order valence-electron chi connectivity index (χ3n) is 8.90. The smallest absolute Gasteiger partial charge is 0.146 e. The van der Waals surface area contributed by atoms with Crippen molar-refractivity contribution in [2.24, 2.45) is 0 Å². The van der Waals surface area contributed by atoms with Gasteiger partial charge in [-0.25, -0.2) is 4.98 Å². The van der Waals surface area contributed by atoms with E-state index < -0.39 is 0 Å². The van der Waals surface area contributed by atoms with E-state index in [1.54, 1.807) is 0 Å². The van der Waals surface area contributed by atoms with E-state index in [1.807, 2.05) is 30.9 Å². The Balaban J connectivity index is 1.49. The molecule has 0 radical (unpaired) electrons. The van der Waals surface area contributed by atoms with Gasteiger partial charge in [-0.1, -0.05) is 60.7 Å². The number of pyridine rings is 3. The van der Waals surface area contributed by atoms with Crippen LogP contribution in [0.2, 0.25) is 0 Å². The summed E-state index contributed by atoms with van der Waals surface area (Å²) in [5, 5.41) is 5.98. The topological polar surface area (TPSA) is 48.0 Å². The van der Waals surface area contributed by atoms with Gasteiger partial charge in [0, 0.05) is 51.4 Å². The number of fused-ring (bicyclic) bond motifs is 16. The highest BCUT2D eigenvalue weighted by molar-refractivity contribution is 6.28. The predicted molar refractivity (Wildman–Crippen MR) is 166 cm³/mol. The summed E-state index contributed by atoms with van der Waals surface area (Å²) >= 11 is 0. The number of benzene rings is 4. The van der Waals surface area contributed by atoms with E-state index in [9.17, 15) is 0 Å². The third kappa shape index (κ3) is 2.63. The molecule has 0 spiro atoms. The molecule has 0 N–H and O–H groups in total. The molecule has 0 fully saturated rings. The SMILES string of the molecule is c1ccc(-n2c3c4c(ccc3c3ccc5c(c6ccncc6n6c7cnccc7nc56)c32)-c2ccccc2C4)cc1. The van der Waals surface area contributed by atoms with E-state index in [-0.39, 0.29) is 0 Å². The maximum Gasteiger partial charge on any atom is 0.146 e. The number of nitrogens with zero attached hydrogens (tertiary/aromatic N) is 5. The second kappa shape index (κ2) is 7.55. The van der Waals surface area contributed by atoms with Gasteiger partial charge in [0.15, 0.2) is 0 Å². The van der Waals surface area contributed by atoms with Gasteiger partial charge in [0.2, 0.25) is 0 Å². The summed E-state index contributed by atoms with van der Waals surface area (Å²) in [6.45, 7) is 0. The zero-order valence-corrected chi connectivity index (χ0v) is 21.9. The lowest BCUT2D eigenvalue weighted by Gasteiger charge is -2.14. The summed E-state index contributed by atoms with van der Waals surface area (Å²) < 4.78 is 4.71. The van der Waals surface area contributed by atoms with Crippen molar-refractivity contribution in [1.82, 2.24) is 23.9 Å². The highest BCUT2D eigenvalue weighted by Crippen LogP contribution is 2.46. The third-order valence-corrected chi connectivity index (χ3v) is 8.90. The van der Waals surface area contributed by atoms with Gasteiger partial charge in [-0.2, -0.15) is 0 Å². The van der Waals surface area contributed by atoms with Crippen molar-refractivity contribution in [3.63, 3.8) is 0 Å². The molecule has 0 saturated heterocycles. The van der Waals surface area contributed by atoms with Gasteiger partial charge in [0.25, 0.3) is 0 Å². The summed E-state index contributed by atoms with van der Waals surface area (Å²) in [5.41, 5.74) is 13.0. The maximum atomic E-state index is 5.13. The fraction of sp³-hybridized carbons (Fsp3) is 0.0278. The summed E-state index contributed by atoms with van der Waals surface area (Å²) in [5.74, 6) is 0. The second-order valence-corrected chi connectivity index (χ2v) is 10.9. The molecule has 0 bridgehead atoms. The van der Waals surface area contributed by atoms with Crippen molar-refractivity contribution >= 4 is 60.2 Å². The summed E-state index contributed by atoms with van der Waals surface area (Å²) in [7, 11) is 0. The zero-order valence-electron chi connectivity index (χ0n) is 21.9. The van der Waals surface area contributed by atoms with Gasteiger partial charge in [0.1, 0.15) is 5.65 Å². The minimum absolute atomic E-state index is 0.924. The minimum Gasteiger partial charge on any atom is -0.308 e. The summed E-state index contributed by atoms with van der Waals surface area (Å²) in [6.07, 6.45) is 8.49. The molecule has 41 heavy (non-hydrogen) atoms. The second-order valence-electron chi connectivity index (χ2n) is 10.9. The van der Waals surface area contributed by atoms with Crippen molar-refractivity contribution < 1.29 is 0 Å². The highest BCUT2D eigenvalue weighted by Gasteiger charge is 2.26. The summed E-state index contributed by atoms with van der Waals surface area (Å²) in [4.78, 5) is 14.1. The van der Waals surface area contributed by atoms with Crippen LogP contribution in [0.5, 0.6) is 0 Å². The first kappa shape index (κ1) is 21.3. The van der Waals surface area contributed by atoms with Crippen LogP contribution in [0.15, 0.2) is 116 Å². The van der Waals surface area contributed by atoms with Crippen LogP contribution < -0.4 is 0 Å². The van der Waals surface area contributed by atoms with Gasteiger partial charge in [-0.15, -0.1) is 0 Å². The number of imidazole rings is 1. The maximum absolute atomic E-state index is 5.13. The van der Waals surface area contributed by atoms with E-state index in [2.05, 4.69) is 104 Å². The molecule has 0 aliphatic heterocycles. The molecule has 0 atom stereocenters. The van der Waals surface area contributed by atoms with Gasteiger partial charge in [-0.05, 0) is 52.6 Å². The quantitative estimate of drug-likeness (QED) is 0.204. The van der Waals surface area contributed by atoms with Crippen LogP contribution in [0.4, 0.5) is 0 Å². The van der Waals surface area contributed by atoms with Crippen LogP contribution in [-0.2, 0) is 6.42 Å². The number of rotatable bonds is 1. The first-order chi connectivity index (χ1) is 20.4. The van der Waals surface area contributed by atoms with Crippen molar-refractivity contribution in [2.45, 2.75) is 6.42 Å². The average molecular weight is 524 g/mol. The molecule has 5 nitrogen and oxygen atoms in total. The lowest BCUT2D eigenvalue weighted by atomic mass is 10.0. The Labute approximate surface area is 234 Å². The monoisotopic (exact) mass is 523 g/mol. The van der Waals surface area contributed by atoms with E-state index >= 15 is 0 Å². The van der Waals surface area contributed by atoms with Crippen molar-refractivity contribution in [1.29, 1.82) is 0 Å². The number of aromatic nitrogens is 5. The molecule has 0 unspecified atom stereocenters. The predicted octanol–water partition coefficient (Wildman–Crippen LogP) is 8.25. The van der Waals surface area contributed by atoms with Crippen LogP contribution in [-0.4, -0.2) is 23.9 Å². The van der Waals surface area contributed by atoms with Gasteiger partial charge in [-0.3, -0.25) is 14.4 Å². The molecule has 10 rings (SSSR count). The van der Waals surface area contributed by atoms with Gasteiger partial charge < -0.3 is 4.57 Å². The molecule has 0 amide bonds. The van der Waals surface area contributed by atoms with E-state index in [4.69, 9.17) is 4.98 Å². The Kier molecular flexibility index (Phi) is 3.92. The fourth-order valence-corrected chi connectivity index (χ4v) is 7.24. The molecule has 1 aliphatic carbocycles. The van der Waals surface area contributed by atoms with Gasteiger partial charge in [0.05, 0.1) is 40.0 Å². The molecular weight excluding hydrogens is 502 g/mol. The fourth-order valence-electron chi connectivity index (χ4n) is 7.24. The number of para-hydroxylation sites is 1. The van der Waals surface area contributed by atoms with E-state index in [1.165, 1.54) is 49.4 Å². The molecule has 5 heteroatoms. The molecule has 190 valence electrons. The Morgan fingerprint density at radius 2 is 1.34 bits per heavy atom. The van der Waals surface area contributed by atoms with E-state index in [0.29, 0.717) is 0 Å².